The van der Waals surface area contributed by atoms with E-state index in [0.29, 0.717) is 16.9 Å². The van der Waals surface area contributed by atoms with Crippen LogP contribution in [-0.4, -0.2) is 14.2 Å². The Morgan fingerprint density at radius 2 is 2.07 bits per heavy atom. The van der Waals surface area contributed by atoms with Crippen LogP contribution in [0.1, 0.15) is 24.1 Å². The van der Waals surface area contributed by atoms with Crippen molar-refractivity contribution in [3.63, 3.8) is 0 Å². The largest absolute Gasteiger partial charge is 0.496 e. The van der Waals surface area contributed by atoms with E-state index in [1.54, 1.807) is 19.1 Å². The molecule has 1 atom stereocenters. The van der Waals surface area contributed by atoms with Gasteiger partial charge in [0.1, 0.15) is 11.6 Å². The maximum absolute atomic E-state index is 13.9. The molecule has 0 amide bonds. The second-order valence-corrected chi connectivity index (χ2v) is 3.38. The Bertz CT molecular complexity index is 340. The first-order valence-corrected chi connectivity index (χ1v) is 4.71. The molecule has 1 aromatic rings. The van der Waals surface area contributed by atoms with E-state index in [1.165, 1.54) is 14.2 Å². The van der Waals surface area contributed by atoms with E-state index in [2.05, 4.69) is 0 Å². The molecule has 4 heteroatoms. The number of ether oxygens (including phenoxy) is 2. The molecule has 0 aliphatic rings. The lowest BCUT2D eigenvalue weighted by Crippen LogP contribution is -2.11. The molecule has 0 saturated heterocycles. The van der Waals surface area contributed by atoms with E-state index in [-0.39, 0.29) is 12.4 Å². The maximum Gasteiger partial charge on any atom is 0.137 e. The van der Waals surface area contributed by atoms with Crippen LogP contribution in [0.25, 0.3) is 0 Å². The molecule has 0 saturated carbocycles. The molecule has 84 valence electrons. The summed E-state index contributed by atoms with van der Waals surface area (Å²) in [5.41, 5.74) is 6.58. The van der Waals surface area contributed by atoms with Gasteiger partial charge < -0.3 is 15.2 Å². The standard InChI is InChI=1S/C11H16FNO2/c1-7(13)10-9(15-3)5-4-8(6-14-2)11(10)12/h4-5,7H,6,13H2,1-3H3. The van der Waals surface area contributed by atoms with Crippen LogP contribution in [0.5, 0.6) is 5.75 Å². The zero-order valence-corrected chi connectivity index (χ0v) is 9.21. The zero-order valence-electron chi connectivity index (χ0n) is 9.21. The highest BCUT2D eigenvalue weighted by atomic mass is 19.1. The quantitative estimate of drug-likeness (QED) is 0.832. The van der Waals surface area contributed by atoms with Crippen molar-refractivity contribution in [2.24, 2.45) is 5.73 Å². The van der Waals surface area contributed by atoms with Crippen LogP contribution in [0.4, 0.5) is 4.39 Å². The van der Waals surface area contributed by atoms with Gasteiger partial charge in [-0.2, -0.15) is 0 Å². The van der Waals surface area contributed by atoms with Crippen LogP contribution in [0.15, 0.2) is 12.1 Å². The van der Waals surface area contributed by atoms with Gasteiger partial charge in [-0.25, -0.2) is 4.39 Å². The fraction of sp³-hybridized carbons (Fsp3) is 0.455. The second-order valence-electron chi connectivity index (χ2n) is 3.38. The third-order valence-electron chi connectivity index (χ3n) is 2.19. The second kappa shape index (κ2) is 5.09. The van der Waals surface area contributed by atoms with Gasteiger partial charge in [0, 0.05) is 24.3 Å². The molecule has 0 aliphatic heterocycles. The molecule has 0 fully saturated rings. The van der Waals surface area contributed by atoms with Crippen LogP contribution in [0.2, 0.25) is 0 Å². The molecule has 0 heterocycles. The Kier molecular flexibility index (Phi) is 4.05. The first-order chi connectivity index (χ1) is 7.11. The summed E-state index contributed by atoms with van der Waals surface area (Å²) < 4.78 is 23.9. The van der Waals surface area contributed by atoms with E-state index in [0.717, 1.165) is 0 Å². The van der Waals surface area contributed by atoms with Gasteiger partial charge in [0.15, 0.2) is 0 Å². The first kappa shape index (κ1) is 11.9. The van der Waals surface area contributed by atoms with Gasteiger partial charge in [0.25, 0.3) is 0 Å². The SMILES string of the molecule is COCc1ccc(OC)c(C(C)N)c1F. The lowest BCUT2D eigenvalue weighted by molar-refractivity contribution is 0.181. The van der Waals surface area contributed by atoms with Crippen LogP contribution in [0.3, 0.4) is 0 Å². The maximum atomic E-state index is 13.9. The number of nitrogens with two attached hydrogens (primary N) is 1. The van der Waals surface area contributed by atoms with Crippen LogP contribution >= 0.6 is 0 Å². The summed E-state index contributed by atoms with van der Waals surface area (Å²) in [4.78, 5) is 0. The molecular formula is C11H16FNO2. The monoisotopic (exact) mass is 213 g/mol. The minimum absolute atomic E-state index is 0.232. The van der Waals surface area contributed by atoms with Crippen molar-refractivity contribution in [2.45, 2.75) is 19.6 Å². The highest BCUT2D eigenvalue weighted by molar-refractivity contribution is 5.40. The predicted octanol–water partition coefficient (Wildman–Crippen LogP) is 2.00. The van der Waals surface area contributed by atoms with Gasteiger partial charge >= 0.3 is 0 Å². The first-order valence-electron chi connectivity index (χ1n) is 4.71. The fourth-order valence-electron chi connectivity index (χ4n) is 1.49. The van der Waals surface area contributed by atoms with Crippen LogP contribution < -0.4 is 10.5 Å². The third-order valence-corrected chi connectivity index (χ3v) is 2.19. The Labute approximate surface area is 89.0 Å². The van der Waals surface area contributed by atoms with Crippen molar-refractivity contribution in [3.8, 4) is 5.75 Å². The van der Waals surface area contributed by atoms with Gasteiger partial charge in [0.2, 0.25) is 0 Å². The summed E-state index contributed by atoms with van der Waals surface area (Å²) in [5, 5.41) is 0. The summed E-state index contributed by atoms with van der Waals surface area (Å²) in [5.74, 6) is 0.133. The molecule has 2 N–H and O–H groups in total. The molecule has 15 heavy (non-hydrogen) atoms. The van der Waals surface area contributed by atoms with Crippen molar-refractivity contribution in [3.05, 3.63) is 29.1 Å². The van der Waals surface area contributed by atoms with Crippen molar-refractivity contribution in [1.29, 1.82) is 0 Å². The summed E-state index contributed by atoms with van der Waals surface area (Å²) in [7, 11) is 3.02. The zero-order chi connectivity index (χ0) is 11.4. The Morgan fingerprint density at radius 1 is 1.40 bits per heavy atom. The van der Waals surface area contributed by atoms with E-state index in [1.807, 2.05) is 0 Å². The predicted molar refractivity (Wildman–Crippen MR) is 56.3 cm³/mol. The molecule has 1 aromatic carbocycles. The number of rotatable bonds is 4. The molecular weight excluding hydrogens is 197 g/mol. The summed E-state index contributed by atoms with van der Waals surface area (Å²) >= 11 is 0. The third kappa shape index (κ3) is 2.46. The summed E-state index contributed by atoms with van der Waals surface area (Å²) in [6.07, 6.45) is 0. The Morgan fingerprint density at radius 3 is 2.53 bits per heavy atom. The minimum Gasteiger partial charge on any atom is -0.496 e. The fourth-order valence-corrected chi connectivity index (χ4v) is 1.49. The number of benzene rings is 1. The van der Waals surface area contributed by atoms with Gasteiger partial charge in [-0.3, -0.25) is 0 Å². The molecule has 0 aliphatic carbocycles. The van der Waals surface area contributed by atoms with Crippen molar-refractivity contribution in [1.82, 2.24) is 0 Å². The molecule has 0 spiro atoms. The van der Waals surface area contributed by atoms with Crippen molar-refractivity contribution < 1.29 is 13.9 Å². The molecule has 0 bridgehead atoms. The van der Waals surface area contributed by atoms with E-state index in [9.17, 15) is 4.39 Å². The minimum atomic E-state index is -0.406. The topological polar surface area (TPSA) is 44.5 Å². The highest BCUT2D eigenvalue weighted by Gasteiger charge is 2.16. The van der Waals surface area contributed by atoms with E-state index in [4.69, 9.17) is 15.2 Å². The lowest BCUT2D eigenvalue weighted by atomic mass is 10.0. The lowest BCUT2D eigenvalue weighted by Gasteiger charge is -2.15. The molecule has 0 radical (unpaired) electrons. The molecule has 3 nitrogen and oxygen atoms in total. The molecule has 1 unspecified atom stereocenters. The van der Waals surface area contributed by atoms with Crippen molar-refractivity contribution >= 4 is 0 Å². The average molecular weight is 213 g/mol. The molecule has 0 aromatic heterocycles. The smallest absolute Gasteiger partial charge is 0.137 e. The van der Waals surface area contributed by atoms with Gasteiger partial charge in [-0.05, 0) is 13.0 Å². The summed E-state index contributed by atoms with van der Waals surface area (Å²) in [6.45, 7) is 1.95. The van der Waals surface area contributed by atoms with Crippen LogP contribution in [-0.2, 0) is 11.3 Å². The molecule has 1 rings (SSSR count). The normalized spacial score (nSPS) is 12.6. The van der Waals surface area contributed by atoms with E-state index < -0.39 is 6.04 Å². The average Bonchev–Trinajstić information content (AvgIpc) is 2.20. The number of hydrogen-bond donors (Lipinski definition) is 1. The van der Waals surface area contributed by atoms with Gasteiger partial charge in [0.05, 0.1) is 13.7 Å². The Hall–Kier alpha value is -1.13. The summed E-state index contributed by atoms with van der Waals surface area (Å²) in [6, 6.07) is 2.94. The highest BCUT2D eigenvalue weighted by Crippen LogP contribution is 2.29. The number of methoxy groups -OCH3 is 2. The van der Waals surface area contributed by atoms with Crippen LogP contribution in [0, 0.1) is 5.82 Å². The van der Waals surface area contributed by atoms with Gasteiger partial charge in [-0.15, -0.1) is 0 Å². The van der Waals surface area contributed by atoms with E-state index >= 15 is 0 Å². The van der Waals surface area contributed by atoms with Gasteiger partial charge in [-0.1, -0.05) is 6.07 Å². The Balaban J connectivity index is 3.23. The number of halogens is 1. The number of hydrogen-bond acceptors (Lipinski definition) is 3. The van der Waals surface area contributed by atoms with Crippen molar-refractivity contribution in [2.75, 3.05) is 14.2 Å².